The SMILES string of the molecule is NC(=O)SN1CCN(CCCCc2ccc(F)cc2)CC1. The zero-order chi connectivity index (χ0) is 15.1. The number of amides is 1. The molecule has 0 bridgehead atoms. The van der Waals surface area contributed by atoms with E-state index in [2.05, 4.69) is 4.90 Å². The molecule has 21 heavy (non-hydrogen) atoms. The van der Waals surface area contributed by atoms with Gasteiger partial charge in [0.25, 0.3) is 5.24 Å². The van der Waals surface area contributed by atoms with Gasteiger partial charge in [0, 0.05) is 38.1 Å². The van der Waals surface area contributed by atoms with Crippen molar-refractivity contribution in [1.29, 1.82) is 0 Å². The molecule has 0 spiro atoms. The van der Waals surface area contributed by atoms with Crippen LogP contribution in [0.5, 0.6) is 0 Å². The second-order valence-corrected chi connectivity index (χ2v) is 6.37. The molecule has 2 rings (SSSR count). The molecule has 1 heterocycles. The van der Waals surface area contributed by atoms with Gasteiger partial charge in [0.2, 0.25) is 0 Å². The first-order valence-corrected chi connectivity index (χ1v) is 8.10. The lowest BCUT2D eigenvalue weighted by Gasteiger charge is -2.32. The van der Waals surface area contributed by atoms with Crippen molar-refractivity contribution in [2.45, 2.75) is 19.3 Å². The van der Waals surface area contributed by atoms with Gasteiger partial charge in [-0.2, -0.15) is 0 Å². The van der Waals surface area contributed by atoms with Crippen LogP contribution in [0.4, 0.5) is 9.18 Å². The Bertz CT molecular complexity index is 447. The van der Waals surface area contributed by atoms with Gasteiger partial charge in [-0.3, -0.25) is 4.79 Å². The molecule has 1 fully saturated rings. The fourth-order valence-corrected chi connectivity index (χ4v) is 3.09. The second kappa shape index (κ2) is 8.36. The van der Waals surface area contributed by atoms with Gasteiger partial charge in [-0.25, -0.2) is 8.70 Å². The van der Waals surface area contributed by atoms with Crippen molar-refractivity contribution in [2.24, 2.45) is 5.73 Å². The highest BCUT2D eigenvalue weighted by Crippen LogP contribution is 2.14. The Morgan fingerprint density at radius 2 is 1.81 bits per heavy atom. The first kappa shape index (κ1) is 16.3. The molecule has 1 aromatic carbocycles. The van der Waals surface area contributed by atoms with Crippen molar-refractivity contribution < 1.29 is 9.18 Å². The number of unbranched alkanes of at least 4 members (excludes halogenated alkanes) is 1. The monoisotopic (exact) mass is 311 g/mol. The maximum absolute atomic E-state index is 12.8. The highest BCUT2D eigenvalue weighted by atomic mass is 32.2. The Balaban J connectivity index is 1.57. The van der Waals surface area contributed by atoms with E-state index in [9.17, 15) is 9.18 Å². The van der Waals surface area contributed by atoms with Crippen LogP contribution >= 0.6 is 11.9 Å². The van der Waals surface area contributed by atoms with Crippen LogP contribution in [0.3, 0.4) is 0 Å². The number of hydrogen-bond donors (Lipinski definition) is 1. The molecule has 6 heteroatoms. The Kier molecular flexibility index (Phi) is 6.48. The third-order valence-electron chi connectivity index (χ3n) is 3.65. The Hall–Kier alpha value is -1.11. The van der Waals surface area contributed by atoms with E-state index in [1.54, 1.807) is 0 Å². The summed E-state index contributed by atoms with van der Waals surface area (Å²) in [5.41, 5.74) is 6.36. The lowest BCUT2D eigenvalue weighted by molar-refractivity contribution is 0.193. The zero-order valence-electron chi connectivity index (χ0n) is 12.1. The number of aryl methyl sites for hydroxylation is 1. The molecule has 1 aromatic rings. The molecule has 116 valence electrons. The van der Waals surface area contributed by atoms with Gasteiger partial charge in [-0.1, -0.05) is 12.1 Å². The van der Waals surface area contributed by atoms with Crippen LogP contribution in [0.15, 0.2) is 24.3 Å². The Morgan fingerprint density at radius 3 is 2.43 bits per heavy atom. The largest absolute Gasteiger partial charge is 0.359 e. The highest BCUT2D eigenvalue weighted by molar-refractivity contribution is 8.11. The molecule has 0 aliphatic carbocycles. The number of carbonyl (C=O) groups excluding carboxylic acids is 1. The number of piperazine rings is 1. The van der Waals surface area contributed by atoms with Crippen molar-refractivity contribution in [3.63, 3.8) is 0 Å². The molecule has 1 saturated heterocycles. The topological polar surface area (TPSA) is 49.6 Å². The van der Waals surface area contributed by atoms with E-state index in [0.29, 0.717) is 0 Å². The quantitative estimate of drug-likeness (QED) is 0.648. The van der Waals surface area contributed by atoms with E-state index in [0.717, 1.165) is 63.9 Å². The predicted octanol–water partition coefficient (Wildman–Crippen LogP) is 2.49. The molecule has 0 unspecified atom stereocenters. The van der Waals surface area contributed by atoms with Crippen LogP contribution < -0.4 is 5.73 Å². The minimum Gasteiger partial charge on any atom is -0.359 e. The van der Waals surface area contributed by atoms with Crippen LogP contribution in [0.1, 0.15) is 18.4 Å². The second-order valence-electron chi connectivity index (χ2n) is 5.26. The number of nitrogens with zero attached hydrogens (tertiary/aromatic N) is 2. The molecule has 0 saturated carbocycles. The van der Waals surface area contributed by atoms with E-state index in [1.807, 2.05) is 16.4 Å². The number of rotatable bonds is 6. The molecule has 2 N–H and O–H groups in total. The molecule has 0 aromatic heterocycles. The Morgan fingerprint density at radius 1 is 1.14 bits per heavy atom. The van der Waals surface area contributed by atoms with Gasteiger partial charge < -0.3 is 10.6 Å². The van der Waals surface area contributed by atoms with E-state index in [4.69, 9.17) is 5.73 Å². The summed E-state index contributed by atoms with van der Waals surface area (Å²) >= 11 is 1.12. The van der Waals surface area contributed by atoms with Crippen molar-refractivity contribution in [3.8, 4) is 0 Å². The minimum atomic E-state index is -0.331. The Labute approximate surface area is 129 Å². The average molecular weight is 311 g/mol. The van der Waals surface area contributed by atoms with Gasteiger partial charge in [-0.05, 0) is 43.5 Å². The van der Waals surface area contributed by atoms with Crippen molar-refractivity contribution in [1.82, 2.24) is 9.21 Å². The zero-order valence-corrected chi connectivity index (χ0v) is 12.9. The molecular formula is C15H22FN3OS. The normalized spacial score (nSPS) is 17.0. The number of primary amides is 1. The molecule has 0 atom stereocenters. The maximum atomic E-state index is 12.8. The molecule has 1 aliphatic heterocycles. The number of benzene rings is 1. The number of hydrogen-bond acceptors (Lipinski definition) is 4. The van der Waals surface area contributed by atoms with Crippen molar-refractivity contribution in [2.75, 3.05) is 32.7 Å². The molecule has 0 radical (unpaired) electrons. The van der Waals surface area contributed by atoms with Gasteiger partial charge >= 0.3 is 0 Å². The fraction of sp³-hybridized carbons (Fsp3) is 0.533. The standard InChI is InChI=1S/C15H22FN3OS/c16-14-6-4-13(5-7-14)3-1-2-8-18-9-11-19(12-10-18)21-15(17)20/h4-7H,1-3,8-12H2,(H2,17,20). The van der Waals surface area contributed by atoms with E-state index >= 15 is 0 Å². The van der Waals surface area contributed by atoms with Crippen molar-refractivity contribution >= 4 is 17.2 Å². The number of nitrogens with two attached hydrogens (primary N) is 1. The molecule has 1 aliphatic rings. The summed E-state index contributed by atoms with van der Waals surface area (Å²) in [5, 5.41) is -0.331. The average Bonchev–Trinajstić information content (AvgIpc) is 2.46. The molecule has 4 nitrogen and oxygen atoms in total. The smallest absolute Gasteiger partial charge is 0.291 e. The maximum Gasteiger partial charge on any atom is 0.291 e. The first-order valence-electron chi connectivity index (χ1n) is 7.32. The summed E-state index contributed by atoms with van der Waals surface area (Å²) in [7, 11) is 0. The van der Waals surface area contributed by atoms with Gasteiger partial charge in [0.1, 0.15) is 5.82 Å². The van der Waals surface area contributed by atoms with E-state index in [-0.39, 0.29) is 11.1 Å². The van der Waals surface area contributed by atoms with Crippen LogP contribution in [0, 0.1) is 5.82 Å². The van der Waals surface area contributed by atoms with E-state index < -0.39 is 0 Å². The summed E-state index contributed by atoms with van der Waals surface area (Å²) in [4.78, 5) is 13.2. The molecular weight excluding hydrogens is 289 g/mol. The van der Waals surface area contributed by atoms with Crippen molar-refractivity contribution in [3.05, 3.63) is 35.6 Å². The van der Waals surface area contributed by atoms with Crippen LogP contribution in [0.2, 0.25) is 0 Å². The minimum absolute atomic E-state index is 0.176. The lowest BCUT2D eigenvalue weighted by Crippen LogP contribution is -2.44. The summed E-state index contributed by atoms with van der Waals surface area (Å²) in [6.07, 6.45) is 3.25. The fourth-order valence-electron chi connectivity index (χ4n) is 2.49. The van der Waals surface area contributed by atoms with Gasteiger partial charge in [-0.15, -0.1) is 0 Å². The first-order chi connectivity index (χ1) is 10.1. The third kappa shape index (κ3) is 6.03. The molecule has 1 amide bonds. The van der Waals surface area contributed by atoms with Crippen LogP contribution in [0.25, 0.3) is 0 Å². The third-order valence-corrected chi connectivity index (χ3v) is 4.46. The lowest BCUT2D eigenvalue weighted by atomic mass is 10.1. The van der Waals surface area contributed by atoms with Gasteiger partial charge in [0.05, 0.1) is 0 Å². The summed E-state index contributed by atoms with van der Waals surface area (Å²) in [5.74, 6) is -0.176. The van der Waals surface area contributed by atoms with Gasteiger partial charge in [0.15, 0.2) is 0 Å². The number of halogens is 1. The number of carbonyl (C=O) groups is 1. The highest BCUT2D eigenvalue weighted by Gasteiger charge is 2.18. The van der Waals surface area contributed by atoms with E-state index in [1.165, 1.54) is 17.7 Å². The van der Waals surface area contributed by atoms with Crippen LogP contribution in [-0.2, 0) is 6.42 Å². The summed E-state index contributed by atoms with van der Waals surface area (Å²) in [6, 6.07) is 6.75. The summed E-state index contributed by atoms with van der Waals surface area (Å²) < 4.78 is 14.8. The summed E-state index contributed by atoms with van der Waals surface area (Å²) in [6.45, 7) is 4.81. The van der Waals surface area contributed by atoms with Crippen LogP contribution in [-0.4, -0.2) is 47.2 Å². The predicted molar refractivity (Wildman–Crippen MR) is 84.5 cm³/mol.